The fourth-order valence-corrected chi connectivity index (χ4v) is 2.61. The van der Waals surface area contributed by atoms with Crippen LogP contribution in [0.15, 0.2) is 28.8 Å². The molecule has 0 saturated heterocycles. The molecule has 0 aliphatic rings. The summed E-state index contributed by atoms with van der Waals surface area (Å²) in [5, 5.41) is 3.70. The Morgan fingerprint density at radius 1 is 1.25 bits per heavy atom. The second-order valence-electron chi connectivity index (χ2n) is 7.06. The van der Waals surface area contributed by atoms with E-state index in [9.17, 15) is 18.0 Å². The number of aromatic nitrogens is 1. The summed E-state index contributed by atoms with van der Waals surface area (Å²) >= 11 is 3.14. The highest BCUT2D eigenvalue weighted by Crippen LogP contribution is 2.40. The lowest BCUT2D eigenvalue weighted by Gasteiger charge is -2.20. The number of rotatable bonds is 6. The van der Waals surface area contributed by atoms with Crippen molar-refractivity contribution in [2.75, 3.05) is 6.61 Å². The van der Waals surface area contributed by atoms with Crippen molar-refractivity contribution in [2.24, 2.45) is 0 Å². The van der Waals surface area contributed by atoms with Crippen LogP contribution in [-0.4, -0.2) is 23.3 Å². The number of hydrogen-bond donors (Lipinski definition) is 0. The fraction of sp³-hybridized carbons (Fsp3) is 0.474. The quantitative estimate of drug-likeness (QED) is 0.392. The lowest BCUT2D eigenvalue weighted by molar-refractivity contribution is -0.154. The van der Waals surface area contributed by atoms with Crippen LogP contribution in [0.3, 0.4) is 0 Å². The van der Waals surface area contributed by atoms with Crippen LogP contribution in [0.4, 0.5) is 13.2 Å². The molecular formula is C19H21BrF3NO4. The van der Waals surface area contributed by atoms with Crippen LogP contribution >= 0.6 is 15.9 Å². The van der Waals surface area contributed by atoms with Gasteiger partial charge in [-0.15, -0.1) is 0 Å². The number of halogens is 4. The fourth-order valence-electron chi connectivity index (χ4n) is 2.30. The third-order valence-corrected chi connectivity index (χ3v) is 4.26. The molecule has 5 nitrogen and oxygen atoms in total. The molecule has 0 fully saturated rings. The molecule has 0 saturated carbocycles. The van der Waals surface area contributed by atoms with Crippen molar-refractivity contribution in [3.63, 3.8) is 0 Å². The summed E-state index contributed by atoms with van der Waals surface area (Å²) < 4.78 is 56.2. The largest absolute Gasteiger partial charge is 0.494 e. The van der Waals surface area contributed by atoms with Crippen LogP contribution in [0.25, 0.3) is 11.3 Å². The van der Waals surface area contributed by atoms with Crippen molar-refractivity contribution >= 4 is 21.9 Å². The third-order valence-electron chi connectivity index (χ3n) is 3.44. The Morgan fingerprint density at radius 2 is 1.93 bits per heavy atom. The smallest absolute Gasteiger partial charge is 0.417 e. The second kappa shape index (κ2) is 8.55. The van der Waals surface area contributed by atoms with E-state index in [0.29, 0.717) is 13.0 Å². The zero-order valence-electron chi connectivity index (χ0n) is 15.9. The van der Waals surface area contributed by atoms with E-state index in [1.54, 1.807) is 20.8 Å². The Morgan fingerprint density at radius 3 is 2.50 bits per heavy atom. The Labute approximate surface area is 169 Å². The van der Waals surface area contributed by atoms with E-state index in [1.807, 2.05) is 6.92 Å². The van der Waals surface area contributed by atoms with Gasteiger partial charge in [-0.3, -0.25) is 4.79 Å². The molecule has 1 heterocycles. The predicted molar refractivity (Wildman–Crippen MR) is 100 cm³/mol. The van der Waals surface area contributed by atoms with E-state index < -0.39 is 28.1 Å². The van der Waals surface area contributed by atoms with Gasteiger partial charge in [0.25, 0.3) is 0 Å². The van der Waals surface area contributed by atoms with Crippen molar-refractivity contribution < 1.29 is 32.0 Å². The van der Waals surface area contributed by atoms with E-state index in [-0.39, 0.29) is 22.8 Å². The summed E-state index contributed by atoms with van der Waals surface area (Å²) in [4.78, 5) is 11.1. The van der Waals surface area contributed by atoms with Crippen LogP contribution < -0.4 is 4.74 Å². The number of nitrogens with zero attached hydrogens (tertiary/aromatic N) is 1. The number of carbonyl (C=O) groups is 1. The maximum atomic E-state index is 13.5. The van der Waals surface area contributed by atoms with E-state index in [4.69, 9.17) is 14.0 Å². The van der Waals surface area contributed by atoms with E-state index in [0.717, 1.165) is 6.07 Å². The second-order valence-corrected chi connectivity index (χ2v) is 7.98. The number of benzene rings is 1. The zero-order valence-corrected chi connectivity index (χ0v) is 17.5. The summed E-state index contributed by atoms with van der Waals surface area (Å²) in [6.07, 6.45) is -3.94. The molecule has 154 valence electrons. The molecule has 1 atom stereocenters. The number of alkyl halides is 4. The number of esters is 1. The third kappa shape index (κ3) is 5.73. The molecule has 0 aliphatic carbocycles. The number of hydrogen-bond acceptors (Lipinski definition) is 5. The van der Waals surface area contributed by atoms with E-state index >= 15 is 0 Å². The molecule has 28 heavy (non-hydrogen) atoms. The van der Waals surface area contributed by atoms with Crippen LogP contribution in [0.1, 0.15) is 50.3 Å². The standard InChI is InChI=1S/C19H21BrF3NO4/c1-5-8-26-11-6-7-12(13(9-11)19(21,22)23)14-10-15(28-24-14)16(20)17(25)27-18(2,3)4/h6-7,9-10,16H,5,8H2,1-4H3. The highest BCUT2D eigenvalue weighted by molar-refractivity contribution is 9.09. The molecule has 2 aromatic rings. The van der Waals surface area contributed by atoms with Crippen LogP contribution in [0.2, 0.25) is 0 Å². The van der Waals surface area contributed by atoms with Crippen molar-refractivity contribution in [3.8, 4) is 17.0 Å². The van der Waals surface area contributed by atoms with Gasteiger partial charge in [-0.1, -0.05) is 28.0 Å². The first-order valence-electron chi connectivity index (χ1n) is 8.60. The minimum atomic E-state index is -4.61. The lowest BCUT2D eigenvalue weighted by atomic mass is 10.0. The molecule has 0 spiro atoms. The Balaban J connectivity index is 2.34. The molecule has 1 aromatic heterocycles. The lowest BCUT2D eigenvalue weighted by Crippen LogP contribution is -2.25. The Kier molecular flexibility index (Phi) is 6.80. The van der Waals surface area contributed by atoms with Gasteiger partial charge in [0.1, 0.15) is 17.0 Å². The summed E-state index contributed by atoms with van der Waals surface area (Å²) in [5.41, 5.74) is -1.83. The number of ether oxygens (including phenoxy) is 2. The van der Waals surface area contributed by atoms with Gasteiger partial charge in [-0.25, -0.2) is 0 Å². The van der Waals surface area contributed by atoms with Crippen molar-refractivity contribution in [1.82, 2.24) is 5.16 Å². The Bertz CT molecular complexity index is 827. The highest BCUT2D eigenvalue weighted by Gasteiger charge is 2.36. The van der Waals surface area contributed by atoms with Gasteiger partial charge < -0.3 is 14.0 Å². The molecule has 2 rings (SSSR count). The average Bonchev–Trinajstić information content (AvgIpc) is 3.06. The van der Waals surface area contributed by atoms with E-state index in [2.05, 4.69) is 21.1 Å². The van der Waals surface area contributed by atoms with Gasteiger partial charge >= 0.3 is 12.1 Å². The van der Waals surface area contributed by atoms with Gasteiger partial charge in [0.2, 0.25) is 0 Å². The summed E-state index contributed by atoms with van der Waals surface area (Å²) in [6, 6.07) is 4.92. The maximum Gasteiger partial charge on any atom is 0.417 e. The summed E-state index contributed by atoms with van der Waals surface area (Å²) in [7, 11) is 0. The van der Waals surface area contributed by atoms with Crippen LogP contribution in [0, 0.1) is 0 Å². The van der Waals surface area contributed by atoms with Crippen LogP contribution in [0.5, 0.6) is 5.75 Å². The molecular weight excluding hydrogens is 443 g/mol. The summed E-state index contributed by atoms with van der Waals surface area (Å²) in [6.45, 7) is 7.28. The van der Waals surface area contributed by atoms with Crippen molar-refractivity contribution in [3.05, 3.63) is 35.6 Å². The van der Waals surface area contributed by atoms with E-state index in [1.165, 1.54) is 18.2 Å². The SMILES string of the molecule is CCCOc1ccc(-c2cc(C(Br)C(=O)OC(C)(C)C)on2)c(C(F)(F)F)c1. The molecule has 0 N–H and O–H groups in total. The molecule has 0 bridgehead atoms. The first-order chi connectivity index (χ1) is 12.9. The predicted octanol–water partition coefficient (Wildman–Crippen LogP) is 5.93. The average molecular weight is 464 g/mol. The topological polar surface area (TPSA) is 61.6 Å². The van der Waals surface area contributed by atoms with Gasteiger partial charge in [0.15, 0.2) is 10.6 Å². The van der Waals surface area contributed by atoms with Gasteiger partial charge in [-0.2, -0.15) is 13.2 Å². The molecule has 0 amide bonds. The minimum absolute atomic E-state index is 0.0441. The van der Waals surface area contributed by atoms with Crippen LogP contribution in [-0.2, 0) is 15.7 Å². The zero-order chi connectivity index (χ0) is 21.1. The summed E-state index contributed by atoms with van der Waals surface area (Å²) in [5.74, 6) is -0.466. The first kappa shape index (κ1) is 22.3. The Hall–Kier alpha value is -2.03. The first-order valence-corrected chi connectivity index (χ1v) is 9.52. The van der Waals surface area contributed by atoms with Crippen molar-refractivity contribution in [2.45, 2.75) is 50.7 Å². The number of carbonyl (C=O) groups excluding carboxylic acids is 1. The van der Waals surface area contributed by atoms with Gasteiger partial charge in [-0.05, 0) is 45.4 Å². The molecule has 0 radical (unpaired) electrons. The highest BCUT2D eigenvalue weighted by atomic mass is 79.9. The molecule has 0 aliphatic heterocycles. The van der Waals surface area contributed by atoms with Gasteiger partial charge in [0.05, 0.1) is 12.2 Å². The minimum Gasteiger partial charge on any atom is -0.494 e. The molecule has 9 heteroatoms. The monoisotopic (exact) mass is 463 g/mol. The molecule has 1 unspecified atom stereocenters. The maximum absolute atomic E-state index is 13.5. The van der Waals surface area contributed by atoms with Crippen molar-refractivity contribution in [1.29, 1.82) is 0 Å². The normalized spacial score (nSPS) is 13.3. The molecule has 1 aromatic carbocycles. The van der Waals surface area contributed by atoms with Gasteiger partial charge in [0, 0.05) is 11.6 Å².